The zero-order valence-corrected chi connectivity index (χ0v) is 12.3. The van der Waals surface area contributed by atoms with E-state index in [1.165, 1.54) is 12.1 Å². The Labute approximate surface area is 126 Å². The Morgan fingerprint density at radius 3 is 2.81 bits per heavy atom. The second-order valence-electron chi connectivity index (χ2n) is 4.64. The van der Waals surface area contributed by atoms with Crippen molar-refractivity contribution in [3.8, 4) is 5.75 Å². The summed E-state index contributed by atoms with van der Waals surface area (Å²) in [4.78, 5) is 0. The van der Waals surface area contributed by atoms with Gasteiger partial charge in [0.1, 0.15) is 23.9 Å². The Kier molecular flexibility index (Phi) is 3.80. The molecule has 0 bridgehead atoms. The van der Waals surface area contributed by atoms with Crippen molar-refractivity contribution in [3.63, 3.8) is 0 Å². The fraction of sp³-hybridized carbons (Fsp3) is 0.188. The molecule has 0 radical (unpaired) electrons. The average Bonchev–Trinajstić information content (AvgIpc) is 2.87. The third-order valence-corrected chi connectivity index (χ3v) is 3.61. The van der Waals surface area contributed by atoms with E-state index in [-0.39, 0.29) is 11.6 Å². The summed E-state index contributed by atoms with van der Waals surface area (Å²) in [6.45, 7) is 3.11. The van der Waals surface area contributed by atoms with Crippen LogP contribution in [0, 0.1) is 5.82 Å². The first-order chi connectivity index (χ1) is 10.2. The molecule has 0 aliphatic heterocycles. The molecule has 5 heteroatoms. The standard InChI is InChI=1S/C16H14ClFN2O/c1-2-20-16-6-4-3-5-12(16)15(19-20)10-21-11-7-8-13(17)14(18)9-11/h3-9H,2,10H2,1H3. The first kappa shape index (κ1) is 13.9. The SMILES string of the molecule is CCn1nc(COc2ccc(Cl)c(F)c2)c2ccccc21. The summed E-state index contributed by atoms with van der Waals surface area (Å²) in [5, 5.41) is 5.67. The van der Waals surface area contributed by atoms with Crippen LogP contribution in [0.4, 0.5) is 4.39 Å². The number of nitrogens with zero attached hydrogens (tertiary/aromatic N) is 2. The number of fused-ring (bicyclic) bond motifs is 1. The van der Waals surface area contributed by atoms with E-state index in [1.54, 1.807) is 6.07 Å². The first-order valence-corrected chi connectivity index (χ1v) is 7.09. The molecule has 0 spiro atoms. The van der Waals surface area contributed by atoms with E-state index in [9.17, 15) is 4.39 Å². The van der Waals surface area contributed by atoms with Crippen molar-refractivity contribution in [2.45, 2.75) is 20.1 Å². The second kappa shape index (κ2) is 5.74. The molecule has 0 aliphatic carbocycles. The van der Waals surface area contributed by atoms with Gasteiger partial charge in [0, 0.05) is 18.0 Å². The molecule has 0 aliphatic rings. The molecule has 108 valence electrons. The quantitative estimate of drug-likeness (QED) is 0.713. The van der Waals surface area contributed by atoms with Gasteiger partial charge in [0.2, 0.25) is 0 Å². The smallest absolute Gasteiger partial charge is 0.145 e. The fourth-order valence-corrected chi connectivity index (χ4v) is 2.38. The Morgan fingerprint density at radius 2 is 2.05 bits per heavy atom. The number of hydrogen-bond acceptors (Lipinski definition) is 2. The van der Waals surface area contributed by atoms with Crippen LogP contribution in [-0.4, -0.2) is 9.78 Å². The number of para-hydroxylation sites is 1. The van der Waals surface area contributed by atoms with Gasteiger partial charge in [-0.3, -0.25) is 4.68 Å². The zero-order valence-electron chi connectivity index (χ0n) is 11.5. The first-order valence-electron chi connectivity index (χ1n) is 6.71. The van der Waals surface area contributed by atoms with Crippen molar-refractivity contribution in [2.24, 2.45) is 0 Å². The number of hydrogen-bond donors (Lipinski definition) is 0. The highest BCUT2D eigenvalue weighted by Gasteiger charge is 2.10. The van der Waals surface area contributed by atoms with Gasteiger partial charge in [-0.1, -0.05) is 29.8 Å². The van der Waals surface area contributed by atoms with Gasteiger partial charge in [0.05, 0.1) is 10.5 Å². The molecule has 2 aromatic carbocycles. The predicted molar refractivity (Wildman–Crippen MR) is 81.1 cm³/mol. The van der Waals surface area contributed by atoms with Crippen LogP contribution in [-0.2, 0) is 13.2 Å². The summed E-state index contributed by atoms with van der Waals surface area (Å²) in [6.07, 6.45) is 0. The van der Waals surface area contributed by atoms with Gasteiger partial charge in [-0.25, -0.2) is 4.39 Å². The van der Waals surface area contributed by atoms with Crippen molar-refractivity contribution in [3.05, 3.63) is 59.0 Å². The van der Waals surface area contributed by atoms with E-state index in [0.29, 0.717) is 5.75 Å². The number of halogens is 2. The molecule has 3 rings (SSSR count). The third-order valence-electron chi connectivity index (χ3n) is 3.30. The van der Waals surface area contributed by atoms with E-state index in [2.05, 4.69) is 5.10 Å². The highest BCUT2D eigenvalue weighted by molar-refractivity contribution is 6.30. The van der Waals surface area contributed by atoms with E-state index < -0.39 is 5.82 Å². The molecule has 0 atom stereocenters. The monoisotopic (exact) mass is 304 g/mol. The summed E-state index contributed by atoms with van der Waals surface area (Å²) in [7, 11) is 0. The van der Waals surface area contributed by atoms with Crippen LogP contribution in [0.3, 0.4) is 0 Å². The van der Waals surface area contributed by atoms with Gasteiger partial charge in [-0.2, -0.15) is 5.10 Å². The molecule has 0 unspecified atom stereocenters. The van der Waals surface area contributed by atoms with Crippen molar-refractivity contribution in [1.82, 2.24) is 9.78 Å². The maximum atomic E-state index is 13.4. The maximum absolute atomic E-state index is 13.4. The van der Waals surface area contributed by atoms with E-state index in [4.69, 9.17) is 16.3 Å². The van der Waals surface area contributed by atoms with Gasteiger partial charge < -0.3 is 4.74 Å². The summed E-state index contributed by atoms with van der Waals surface area (Å²) < 4.78 is 20.9. The largest absolute Gasteiger partial charge is 0.487 e. The second-order valence-corrected chi connectivity index (χ2v) is 5.05. The molecule has 0 fully saturated rings. The van der Waals surface area contributed by atoms with Gasteiger partial charge in [-0.05, 0) is 25.1 Å². The summed E-state index contributed by atoms with van der Waals surface area (Å²) >= 11 is 5.65. The van der Waals surface area contributed by atoms with Gasteiger partial charge in [0.25, 0.3) is 0 Å². The van der Waals surface area contributed by atoms with Crippen LogP contribution in [0.1, 0.15) is 12.6 Å². The minimum Gasteiger partial charge on any atom is -0.487 e. The molecule has 0 saturated carbocycles. The van der Waals surface area contributed by atoms with Crippen molar-refractivity contribution >= 4 is 22.5 Å². The predicted octanol–water partition coefficient (Wildman–Crippen LogP) is 4.43. The number of ether oxygens (including phenoxy) is 1. The topological polar surface area (TPSA) is 27.1 Å². The fourth-order valence-electron chi connectivity index (χ4n) is 2.26. The van der Waals surface area contributed by atoms with Crippen LogP contribution in [0.25, 0.3) is 10.9 Å². The Balaban J connectivity index is 1.86. The molecule has 0 N–H and O–H groups in total. The molecular weight excluding hydrogens is 291 g/mol. The highest BCUT2D eigenvalue weighted by atomic mass is 35.5. The normalized spacial score (nSPS) is 11.0. The van der Waals surface area contributed by atoms with Crippen molar-refractivity contribution in [1.29, 1.82) is 0 Å². The Bertz CT molecular complexity index is 785. The molecule has 0 saturated heterocycles. The molecule has 1 heterocycles. The molecule has 3 nitrogen and oxygen atoms in total. The van der Waals surface area contributed by atoms with Crippen molar-refractivity contribution in [2.75, 3.05) is 0 Å². The molecule has 21 heavy (non-hydrogen) atoms. The van der Waals surface area contributed by atoms with Crippen molar-refractivity contribution < 1.29 is 9.13 Å². The molecule has 0 amide bonds. The van der Waals surface area contributed by atoms with E-state index >= 15 is 0 Å². The average molecular weight is 305 g/mol. The summed E-state index contributed by atoms with van der Waals surface area (Å²) in [5.41, 5.74) is 1.91. The zero-order chi connectivity index (χ0) is 14.8. The minimum atomic E-state index is -0.488. The molecule has 3 aromatic rings. The third kappa shape index (κ3) is 2.72. The van der Waals surface area contributed by atoms with Gasteiger partial charge in [-0.15, -0.1) is 0 Å². The van der Waals surface area contributed by atoms with Crippen LogP contribution in [0.15, 0.2) is 42.5 Å². The lowest BCUT2D eigenvalue weighted by atomic mass is 10.2. The van der Waals surface area contributed by atoms with Crippen LogP contribution >= 0.6 is 11.6 Å². The number of aromatic nitrogens is 2. The van der Waals surface area contributed by atoms with Crippen LogP contribution in [0.5, 0.6) is 5.75 Å². The van der Waals surface area contributed by atoms with E-state index in [1.807, 2.05) is 35.9 Å². The van der Waals surface area contributed by atoms with E-state index in [0.717, 1.165) is 23.1 Å². The lowest BCUT2D eigenvalue weighted by molar-refractivity contribution is 0.299. The van der Waals surface area contributed by atoms with Gasteiger partial charge >= 0.3 is 0 Å². The lowest BCUT2D eigenvalue weighted by Gasteiger charge is -2.05. The lowest BCUT2D eigenvalue weighted by Crippen LogP contribution is -2.00. The molecular formula is C16H14ClFN2O. The Hall–Kier alpha value is -2.07. The van der Waals surface area contributed by atoms with Crippen LogP contribution < -0.4 is 4.74 Å². The van der Waals surface area contributed by atoms with Crippen LogP contribution in [0.2, 0.25) is 5.02 Å². The number of rotatable bonds is 4. The van der Waals surface area contributed by atoms with Gasteiger partial charge in [0.15, 0.2) is 0 Å². The minimum absolute atomic E-state index is 0.0862. The number of benzene rings is 2. The number of aryl methyl sites for hydroxylation is 1. The maximum Gasteiger partial charge on any atom is 0.145 e. The summed E-state index contributed by atoms with van der Waals surface area (Å²) in [5.74, 6) is -0.0508. The Morgan fingerprint density at radius 1 is 1.24 bits per heavy atom. The summed E-state index contributed by atoms with van der Waals surface area (Å²) in [6, 6.07) is 12.4. The molecule has 1 aromatic heterocycles. The highest BCUT2D eigenvalue weighted by Crippen LogP contribution is 2.23.